The van der Waals surface area contributed by atoms with Crippen molar-refractivity contribution in [1.82, 2.24) is 10.2 Å². The molecule has 1 atom stereocenters. The van der Waals surface area contributed by atoms with Crippen LogP contribution in [0.25, 0.3) is 0 Å². The van der Waals surface area contributed by atoms with Gasteiger partial charge in [0.2, 0.25) is 5.91 Å². The Hall–Kier alpha value is -3.60. The van der Waals surface area contributed by atoms with Gasteiger partial charge in [0.05, 0.1) is 0 Å². The van der Waals surface area contributed by atoms with Gasteiger partial charge in [-0.1, -0.05) is 105 Å². The monoisotopic (exact) mass is 526 g/mol. The summed E-state index contributed by atoms with van der Waals surface area (Å²) < 4.78 is 5.95. The normalized spacial score (nSPS) is 14.6. The van der Waals surface area contributed by atoms with Gasteiger partial charge >= 0.3 is 0 Å². The summed E-state index contributed by atoms with van der Waals surface area (Å²) in [5, 5.41) is 3.29. The van der Waals surface area contributed by atoms with Crippen molar-refractivity contribution >= 4 is 11.8 Å². The SMILES string of the molecule is Cc1cccc(CN(C(=O)COc2ccc(C(C)C)cc2)[C@@H](Cc2ccccc2)C(=O)NC2CCCCC2)c1. The van der Waals surface area contributed by atoms with E-state index in [4.69, 9.17) is 4.74 Å². The maximum Gasteiger partial charge on any atom is 0.261 e. The average Bonchev–Trinajstić information content (AvgIpc) is 2.95. The van der Waals surface area contributed by atoms with Gasteiger partial charge in [0.25, 0.3) is 5.91 Å². The molecule has 1 saturated carbocycles. The molecule has 3 aromatic carbocycles. The number of carbonyl (C=O) groups is 2. The molecule has 0 spiro atoms. The van der Waals surface area contributed by atoms with Crippen molar-refractivity contribution in [2.45, 2.75) is 83.8 Å². The lowest BCUT2D eigenvalue weighted by molar-refractivity contribution is -0.143. The molecule has 1 aliphatic carbocycles. The Balaban J connectivity index is 1.59. The molecule has 1 aliphatic rings. The van der Waals surface area contributed by atoms with Crippen molar-refractivity contribution < 1.29 is 14.3 Å². The van der Waals surface area contributed by atoms with Crippen LogP contribution in [0.1, 0.15) is 74.1 Å². The van der Waals surface area contributed by atoms with Crippen molar-refractivity contribution in [1.29, 1.82) is 0 Å². The van der Waals surface area contributed by atoms with Crippen molar-refractivity contribution in [3.63, 3.8) is 0 Å². The number of ether oxygens (including phenoxy) is 1. The number of hydrogen-bond acceptors (Lipinski definition) is 3. The maximum atomic E-state index is 13.8. The zero-order chi connectivity index (χ0) is 27.6. The van der Waals surface area contributed by atoms with Crippen molar-refractivity contribution in [3.05, 3.63) is 101 Å². The Kier molecular flexibility index (Phi) is 10.2. The molecule has 1 fully saturated rings. The maximum absolute atomic E-state index is 13.8. The fraction of sp³-hybridized carbons (Fsp3) is 0.412. The van der Waals surface area contributed by atoms with Gasteiger partial charge in [-0.2, -0.15) is 0 Å². The molecular formula is C34H42N2O3. The van der Waals surface area contributed by atoms with Gasteiger partial charge in [0, 0.05) is 19.0 Å². The molecule has 0 unspecified atom stereocenters. The van der Waals surface area contributed by atoms with E-state index in [1.807, 2.05) is 79.7 Å². The van der Waals surface area contributed by atoms with Crippen molar-refractivity contribution in [2.75, 3.05) is 6.61 Å². The van der Waals surface area contributed by atoms with Gasteiger partial charge in [-0.05, 0) is 54.5 Å². The van der Waals surface area contributed by atoms with Crippen LogP contribution in [-0.4, -0.2) is 35.4 Å². The number of hydrogen-bond donors (Lipinski definition) is 1. The van der Waals surface area contributed by atoms with Gasteiger partial charge in [0.15, 0.2) is 6.61 Å². The first kappa shape index (κ1) is 28.4. The highest BCUT2D eigenvalue weighted by molar-refractivity contribution is 5.88. The topological polar surface area (TPSA) is 58.6 Å². The highest BCUT2D eigenvalue weighted by Crippen LogP contribution is 2.21. The Bertz CT molecular complexity index is 1200. The molecule has 0 heterocycles. The Morgan fingerprint density at radius 1 is 0.897 bits per heavy atom. The van der Waals surface area contributed by atoms with E-state index in [2.05, 4.69) is 25.2 Å². The zero-order valence-electron chi connectivity index (χ0n) is 23.6. The minimum absolute atomic E-state index is 0.0898. The van der Waals surface area contributed by atoms with Gasteiger partial charge < -0.3 is 15.0 Å². The molecule has 5 nitrogen and oxygen atoms in total. The van der Waals surface area contributed by atoms with E-state index in [1.165, 1.54) is 12.0 Å². The van der Waals surface area contributed by atoms with Crippen LogP contribution in [0.2, 0.25) is 0 Å². The number of aryl methyl sites for hydroxylation is 1. The lowest BCUT2D eigenvalue weighted by Crippen LogP contribution is -2.53. The summed E-state index contributed by atoms with van der Waals surface area (Å²) >= 11 is 0. The summed E-state index contributed by atoms with van der Waals surface area (Å²) in [6.07, 6.45) is 5.90. The van der Waals surface area contributed by atoms with E-state index in [-0.39, 0.29) is 24.5 Å². The van der Waals surface area contributed by atoms with Crippen LogP contribution < -0.4 is 10.1 Å². The number of nitrogens with one attached hydrogen (secondary N) is 1. The molecule has 1 N–H and O–H groups in total. The van der Waals surface area contributed by atoms with Crippen LogP contribution in [0.4, 0.5) is 0 Å². The molecule has 0 radical (unpaired) electrons. The second kappa shape index (κ2) is 14.0. The molecular weight excluding hydrogens is 484 g/mol. The molecule has 39 heavy (non-hydrogen) atoms. The van der Waals surface area contributed by atoms with Crippen LogP contribution in [0.5, 0.6) is 5.75 Å². The summed E-state index contributed by atoms with van der Waals surface area (Å²) in [5.74, 6) is 0.777. The van der Waals surface area contributed by atoms with Crippen LogP contribution in [0.15, 0.2) is 78.9 Å². The van der Waals surface area contributed by atoms with Gasteiger partial charge in [-0.15, -0.1) is 0 Å². The number of rotatable bonds is 11. The van der Waals surface area contributed by atoms with E-state index < -0.39 is 6.04 Å². The molecule has 3 aromatic rings. The van der Waals surface area contributed by atoms with Crippen LogP contribution in [0.3, 0.4) is 0 Å². The molecule has 0 saturated heterocycles. The second-order valence-corrected chi connectivity index (χ2v) is 11.1. The fourth-order valence-corrected chi connectivity index (χ4v) is 5.28. The van der Waals surface area contributed by atoms with Crippen LogP contribution in [0, 0.1) is 6.92 Å². The third-order valence-electron chi connectivity index (χ3n) is 7.57. The third-order valence-corrected chi connectivity index (χ3v) is 7.57. The van der Waals surface area contributed by atoms with Crippen LogP contribution >= 0.6 is 0 Å². The first-order chi connectivity index (χ1) is 18.9. The zero-order valence-corrected chi connectivity index (χ0v) is 23.6. The second-order valence-electron chi connectivity index (χ2n) is 11.1. The fourth-order valence-electron chi connectivity index (χ4n) is 5.28. The first-order valence-electron chi connectivity index (χ1n) is 14.3. The third kappa shape index (κ3) is 8.44. The molecule has 2 amide bonds. The van der Waals surface area contributed by atoms with E-state index in [1.54, 1.807) is 4.90 Å². The number of carbonyl (C=O) groups excluding carboxylic acids is 2. The summed E-state index contributed by atoms with van der Waals surface area (Å²) in [5.41, 5.74) is 4.35. The molecule has 206 valence electrons. The smallest absolute Gasteiger partial charge is 0.261 e. The minimum atomic E-state index is -0.644. The largest absolute Gasteiger partial charge is 0.484 e. The first-order valence-corrected chi connectivity index (χ1v) is 14.3. The van der Waals surface area contributed by atoms with Gasteiger partial charge in [-0.3, -0.25) is 9.59 Å². The highest BCUT2D eigenvalue weighted by Gasteiger charge is 2.32. The summed E-state index contributed by atoms with van der Waals surface area (Å²) in [6, 6.07) is 25.5. The quantitative estimate of drug-likeness (QED) is 0.307. The number of nitrogens with zero attached hydrogens (tertiary/aromatic N) is 1. The molecule has 5 heteroatoms. The predicted molar refractivity (Wildman–Crippen MR) is 157 cm³/mol. The average molecular weight is 527 g/mol. The number of amides is 2. The van der Waals surface area contributed by atoms with Crippen LogP contribution in [-0.2, 0) is 22.6 Å². The molecule has 4 rings (SSSR count). The highest BCUT2D eigenvalue weighted by atomic mass is 16.5. The van der Waals surface area contributed by atoms with E-state index in [0.717, 1.165) is 42.4 Å². The lowest BCUT2D eigenvalue weighted by atomic mass is 9.94. The Labute approximate surface area is 233 Å². The van der Waals surface area contributed by atoms with Gasteiger partial charge in [0.1, 0.15) is 11.8 Å². The van der Waals surface area contributed by atoms with E-state index >= 15 is 0 Å². The molecule has 0 aromatic heterocycles. The van der Waals surface area contributed by atoms with Crippen molar-refractivity contribution in [2.24, 2.45) is 0 Å². The van der Waals surface area contributed by atoms with E-state index in [9.17, 15) is 9.59 Å². The Morgan fingerprint density at radius 2 is 1.59 bits per heavy atom. The van der Waals surface area contributed by atoms with Crippen molar-refractivity contribution in [3.8, 4) is 5.75 Å². The van der Waals surface area contributed by atoms with E-state index in [0.29, 0.717) is 24.6 Å². The summed E-state index contributed by atoms with van der Waals surface area (Å²) in [4.78, 5) is 29.4. The summed E-state index contributed by atoms with van der Waals surface area (Å²) in [7, 11) is 0. The summed E-state index contributed by atoms with van der Waals surface area (Å²) in [6.45, 7) is 6.54. The standard InChI is InChI=1S/C34H42N2O3/c1-25(2)29-17-19-31(20-18-29)39-24-33(37)36(23-28-14-10-11-26(3)21-28)32(22-27-12-6-4-7-13-27)34(38)35-30-15-8-5-9-16-30/h4,6-7,10-14,17-21,25,30,32H,5,8-9,15-16,22-24H2,1-3H3,(H,35,38)/t32-/m0/s1. The Morgan fingerprint density at radius 3 is 2.26 bits per heavy atom. The molecule has 0 aliphatic heterocycles. The lowest BCUT2D eigenvalue weighted by Gasteiger charge is -2.33. The minimum Gasteiger partial charge on any atom is -0.484 e. The molecule has 0 bridgehead atoms. The number of benzene rings is 3. The van der Waals surface area contributed by atoms with Gasteiger partial charge in [-0.25, -0.2) is 0 Å². The predicted octanol–water partition coefficient (Wildman–Crippen LogP) is 6.59.